The van der Waals surface area contributed by atoms with Crippen LogP contribution in [0.1, 0.15) is 31.2 Å². The molecule has 1 saturated carbocycles. The summed E-state index contributed by atoms with van der Waals surface area (Å²) in [4.78, 5) is 24.4. The van der Waals surface area contributed by atoms with Gasteiger partial charge in [0, 0.05) is 49.4 Å². The lowest BCUT2D eigenvalue weighted by atomic mass is 9.90. The van der Waals surface area contributed by atoms with E-state index < -0.39 is 9.84 Å². The Kier molecular flexibility index (Phi) is 9.93. The first kappa shape index (κ1) is 33.0. The summed E-state index contributed by atoms with van der Waals surface area (Å²) < 4.78 is 32.1. The molecule has 11 nitrogen and oxygen atoms in total. The molecule has 1 aliphatic carbocycles. The average molecular weight is 686 g/mol. The Labute approximate surface area is 284 Å². The number of rotatable bonds is 10. The standard InChI is InChI=1S/C35H36ClN7O4S/c1-42-23-26(21-39-42)25-12-16-28(17-13-25)43(35(44)38-20-24-8-4-3-5-9-24)29-18-14-27(15-19-29)40-34-37-22-30(36)33(41-34)47-31-10-6-7-11-32(31)48(2,45)46/h3-13,16-17,21-23,27,29H,14-15,18-20H2,1-2H3,(H,38,44)(H,37,40,41). The van der Waals surface area contributed by atoms with Gasteiger partial charge in [-0.3, -0.25) is 9.58 Å². The Hall–Kier alpha value is -4.94. The summed E-state index contributed by atoms with van der Waals surface area (Å²) in [6.45, 7) is 0.424. The first-order chi connectivity index (χ1) is 23.1. The molecule has 0 unspecified atom stereocenters. The molecule has 1 aliphatic rings. The van der Waals surface area contributed by atoms with E-state index in [2.05, 4.69) is 25.7 Å². The zero-order valence-electron chi connectivity index (χ0n) is 26.6. The van der Waals surface area contributed by atoms with Crippen molar-refractivity contribution in [1.82, 2.24) is 25.1 Å². The summed E-state index contributed by atoms with van der Waals surface area (Å²) in [6, 6.07) is 24.0. The fraction of sp³-hybridized carbons (Fsp3) is 0.257. The molecular weight excluding hydrogens is 650 g/mol. The molecule has 2 N–H and O–H groups in total. The number of aromatic nitrogens is 4. The predicted molar refractivity (Wildman–Crippen MR) is 186 cm³/mol. The van der Waals surface area contributed by atoms with E-state index in [0.717, 1.165) is 54.3 Å². The van der Waals surface area contributed by atoms with Crippen LogP contribution in [0.25, 0.3) is 11.1 Å². The molecule has 0 aliphatic heterocycles. The molecule has 13 heteroatoms. The molecule has 0 bridgehead atoms. The number of nitrogens with zero attached hydrogens (tertiary/aromatic N) is 5. The maximum absolute atomic E-state index is 13.8. The Balaban J connectivity index is 1.15. The van der Waals surface area contributed by atoms with Gasteiger partial charge in [-0.25, -0.2) is 18.2 Å². The summed E-state index contributed by atoms with van der Waals surface area (Å²) in [5.41, 5.74) is 3.88. The Morgan fingerprint density at radius 3 is 2.35 bits per heavy atom. The normalized spacial score (nSPS) is 16.2. The smallest absolute Gasteiger partial charge is 0.322 e. The van der Waals surface area contributed by atoms with Crippen molar-refractivity contribution in [2.24, 2.45) is 7.05 Å². The monoisotopic (exact) mass is 685 g/mol. The van der Waals surface area contributed by atoms with Crippen LogP contribution >= 0.6 is 11.6 Å². The molecule has 248 valence electrons. The molecule has 2 amide bonds. The molecule has 6 rings (SSSR count). The van der Waals surface area contributed by atoms with Gasteiger partial charge in [0.15, 0.2) is 9.84 Å². The van der Waals surface area contributed by atoms with Crippen LogP contribution in [0.3, 0.4) is 0 Å². The van der Waals surface area contributed by atoms with Gasteiger partial charge in [0.05, 0.1) is 12.4 Å². The van der Waals surface area contributed by atoms with Crippen molar-refractivity contribution in [3.8, 4) is 22.8 Å². The van der Waals surface area contributed by atoms with Crippen LogP contribution in [0.4, 0.5) is 16.4 Å². The number of anilines is 2. The van der Waals surface area contributed by atoms with Crippen LogP contribution in [0.15, 0.2) is 102 Å². The van der Waals surface area contributed by atoms with Crippen molar-refractivity contribution < 1.29 is 17.9 Å². The number of para-hydroxylation sites is 1. The van der Waals surface area contributed by atoms with E-state index in [9.17, 15) is 13.2 Å². The number of carbonyl (C=O) groups is 1. The van der Waals surface area contributed by atoms with Gasteiger partial charge in [-0.1, -0.05) is 66.2 Å². The number of halogens is 1. The number of ether oxygens (including phenoxy) is 1. The van der Waals surface area contributed by atoms with E-state index in [4.69, 9.17) is 16.3 Å². The number of carbonyl (C=O) groups excluding carboxylic acids is 1. The molecule has 0 atom stereocenters. The third kappa shape index (κ3) is 7.95. The van der Waals surface area contributed by atoms with Crippen molar-refractivity contribution in [3.05, 3.63) is 108 Å². The van der Waals surface area contributed by atoms with E-state index in [1.807, 2.05) is 78.9 Å². The van der Waals surface area contributed by atoms with Crippen LogP contribution in [0, 0.1) is 0 Å². The fourth-order valence-corrected chi connectivity index (χ4v) is 6.77. The van der Waals surface area contributed by atoms with E-state index >= 15 is 0 Å². The number of benzene rings is 3. The third-order valence-corrected chi connectivity index (χ3v) is 9.65. The zero-order chi connectivity index (χ0) is 33.7. The van der Waals surface area contributed by atoms with E-state index in [0.29, 0.717) is 12.5 Å². The molecule has 5 aromatic rings. The Bertz CT molecular complexity index is 1980. The van der Waals surface area contributed by atoms with Crippen LogP contribution in [0.5, 0.6) is 11.6 Å². The van der Waals surface area contributed by atoms with Gasteiger partial charge < -0.3 is 15.4 Å². The lowest BCUT2D eigenvalue weighted by Gasteiger charge is -2.37. The summed E-state index contributed by atoms with van der Waals surface area (Å²) in [5, 5.41) is 10.9. The molecule has 3 aromatic carbocycles. The second kappa shape index (κ2) is 14.4. The molecule has 1 fully saturated rings. The highest BCUT2D eigenvalue weighted by atomic mass is 35.5. The summed E-state index contributed by atoms with van der Waals surface area (Å²) in [7, 11) is -1.65. The predicted octanol–water partition coefficient (Wildman–Crippen LogP) is 6.87. The van der Waals surface area contributed by atoms with Crippen molar-refractivity contribution in [2.75, 3.05) is 16.5 Å². The minimum atomic E-state index is -3.53. The maximum atomic E-state index is 13.8. The lowest BCUT2D eigenvalue weighted by Crippen LogP contribution is -2.48. The van der Waals surface area contributed by atoms with Crippen LogP contribution in [-0.2, 0) is 23.4 Å². The first-order valence-electron chi connectivity index (χ1n) is 15.6. The van der Waals surface area contributed by atoms with Crippen LogP contribution in [0.2, 0.25) is 5.02 Å². The zero-order valence-corrected chi connectivity index (χ0v) is 28.2. The van der Waals surface area contributed by atoms with E-state index in [1.165, 1.54) is 12.3 Å². The summed E-state index contributed by atoms with van der Waals surface area (Å²) >= 11 is 6.33. The largest absolute Gasteiger partial charge is 0.436 e. The van der Waals surface area contributed by atoms with Gasteiger partial charge in [0.1, 0.15) is 15.7 Å². The number of urea groups is 1. The second-order valence-electron chi connectivity index (χ2n) is 11.8. The summed E-state index contributed by atoms with van der Waals surface area (Å²) in [6.07, 6.45) is 9.35. The minimum Gasteiger partial charge on any atom is -0.436 e. The van der Waals surface area contributed by atoms with Crippen LogP contribution < -0.4 is 20.3 Å². The van der Waals surface area contributed by atoms with Crippen molar-refractivity contribution >= 4 is 39.1 Å². The number of sulfone groups is 1. The highest BCUT2D eigenvalue weighted by Crippen LogP contribution is 2.34. The van der Waals surface area contributed by atoms with E-state index in [-0.39, 0.29) is 39.7 Å². The van der Waals surface area contributed by atoms with Gasteiger partial charge in [-0.15, -0.1) is 0 Å². The fourth-order valence-electron chi connectivity index (χ4n) is 5.84. The average Bonchev–Trinajstić information content (AvgIpc) is 3.53. The molecule has 48 heavy (non-hydrogen) atoms. The highest BCUT2D eigenvalue weighted by molar-refractivity contribution is 7.90. The molecule has 0 spiro atoms. The van der Waals surface area contributed by atoms with Gasteiger partial charge in [0.2, 0.25) is 11.8 Å². The van der Waals surface area contributed by atoms with Crippen molar-refractivity contribution in [3.63, 3.8) is 0 Å². The van der Waals surface area contributed by atoms with Crippen molar-refractivity contribution in [2.45, 2.75) is 49.2 Å². The molecule has 2 aromatic heterocycles. The number of aryl methyl sites for hydroxylation is 1. The first-order valence-corrected chi connectivity index (χ1v) is 17.9. The molecular formula is C35H36ClN7O4S. The van der Waals surface area contributed by atoms with Gasteiger partial charge >= 0.3 is 6.03 Å². The number of hydrogen-bond acceptors (Lipinski definition) is 8. The topological polar surface area (TPSA) is 131 Å². The van der Waals surface area contributed by atoms with Gasteiger partial charge in [-0.2, -0.15) is 10.1 Å². The van der Waals surface area contributed by atoms with E-state index in [1.54, 1.807) is 22.9 Å². The molecule has 0 radical (unpaired) electrons. The van der Waals surface area contributed by atoms with Gasteiger partial charge in [-0.05, 0) is 61.1 Å². The maximum Gasteiger partial charge on any atom is 0.322 e. The molecule has 0 saturated heterocycles. The van der Waals surface area contributed by atoms with Crippen LogP contribution in [-0.4, -0.2) is 52.5 Å². The van der Waals surface area contributed by atoms with Crippen molar-refractivity contribution in [1.29, 1.82) is 0 Å². The lowest BCUT2D eigenvalue weighted by molar-refractivity contribution is 0.240. The van der Waals surface area contributed by atoms with Gasteiger partial charge in [0.25, 0.3) is 0 Å². The Morgan fingerprint density at radius 1 is 0.958 bits per heavy atom. The SMILES string of the molecule is Cn1cc(-c2ccc(N(C(=O)NCc3ccccc3)C3CCC(Nc4ncc(Cl)c(Oc5ccccc5S(C)(=O)=O)n4)CC3)cc2)cn1. The number of amides is 2. The number of nitrogens with one attached hydrogen (secondary N) is 2. The second-order valence-corrected chi connectivity index (χ2v) is 14.2. The molecule has 2 heterocycles. The summed E-state index contributed by atoms with van der Waals surface area (Å²) in [5.74, 6) is 0.499. The third-order valence-electron chi connectivity index (χ3n) is 8.25. The minimum absolute atomic E-state index is 0.0272. The Morgan fingerprint density at radius 2 is 1.67 bits per heavy atom. The number of hydrogen-bond donors (Lipinski definition) is 2. The highest BCUT2D eigenvalue weighted by Gasteiger charge is 2.31. The quantitative estimate of drug-likeness (QED) is 0.163.